The predicted molar refractivity (Wildman–Crippen MR) is 69.7 cm³/mol. The van der Waals surface area contributed by atoms with E-state index in [-0.39, 0.29) is 5.69 Å². The van der Waals surface area contributed by atoms with Crippen molar-refractivity contribution in [2.24, 2.45) is 0 Å². The lowest BCUT2D eigenvalue weighted by molar-refractivity contribution is -0.384. The number of rotatable bonds is 5. The Balaban J connectivity index is 2.11. The van der Waals surface area contributed by atoms with Crippen molar-refractivity contribution in [1.29, 1.82) is 5.26 Å². The molecule has 1 aromatic heterocycles. The Kier molecular flexibility index (Phi) is 4.15. The molecule has 2 aromatic rings. The average molecular weight is 274 g/mol. The molecule has 2 rings (SSSR count). The van der Waals surface area contributed by atoms with Crippen molar-refractivity contribution in [1.82, 2.24) is 9.55 Å². The van der Waals surface area contributed by atoms with E-state index in [0.29, 0.717) is 13.0 Å². The molecule has 0 aliphatic rings. The molecule has 0 unspecified atom stereocenters. The Hall–Kier alpha value is -2.33. The Labute approximate surface area is 113 Å². The molecule has 0 aliphatic carbocycles. The molecule has 1 aromatic carbocycles. The molecule has 0 atom stereocenters. The molecule has 1 heterocycles. The van der Waals surface area contributed by atoms with Crippen LogP contribution in [0.4, 0.5) is 5.69 Å². The van der Waals surface area contributed by atoms with Gasteiger partial charge < -0.3 is 4.57 Å². The summed E-state index contributed by atoms with van der Waals surface area (Å²) in [5.74, 6) is 0. The lowest BCUT2D eigenvalue weighted by Crippen LogP contribution is -1.97. The largest absolute Gasteiger partial charge is 0.325 e. The second-order valence-electron chi connectivity index (χ2n) is 3.66. The monoisotopic (exact) mass is 274 g/mol. The predicted octanol–water partition coefficient (Wildman–Crippen LogP) is 2.86. The average Bonchev–Trinajstić information content (AvgIpc) is 2.84. The van der Waals surface area contributed by atoms with Crippen LogP contribution in [0.2, 0.25) is 0 Å². The number of nitriles is 1. The molecule has 0 saturated carbocycles. The van der Waals surface area contributed by atoms with Gasteiger partial charge in [0.15, 0.2) is 5.16 Å². The first-order chi connectivity index (χ1) is 9.20. The number of benzene rings is 1. The van der Waals surface area contributed by atoms with E-state index in [2.05, 4.69) is 11.1 Å². The van der Waals surface area contributed by atoms with Crippen LogP contribution in [0.15, 0.2) is 46.7 Å². The zero-order valence-corrected chi connectivity index (χ0v) is 10.7. The van der Waals surface area contributed by atoms with E-state index in [0.717, 1.165) is 10.1 Å². The molecule has 19 heavy (non-hydrogen) atoms. The van der Waals surface area contributed by atoms with Crippen molar-refractivity contribution in [3.63, 3.8) is 0 Å². The fraction of sp³-hybridized carbons (Fsp3) is 0.167. The zero-order chi connectivity index (χ0) is 13.7. The smallest absolute Gasteiger partial charge is 0.269 e. The molecule has 0 fully saturated rings. The van der Waals surface area contributed by atoms with Gasteiger partial charge in [-0.1, -0.05) is 11.8 Å². The Morgan fingerprint density at radius 3 is 2.79 bits per heavy atom. The highest BCUT2D eigenvalue weighted by Crippen LogP contribution is 2.27. The molecule has 6 nitrogen and oxygen atoms in total. The normalized spacial score (nSPS) is 10.1. The van der Waals surface area contributed by atoms with Crippen LogP contribution in [0.5, 0.6) is 0 Å². The summed E-state index contributed by atoms with van der Waals surface area (Å²) >= 11 is 1.41. The van der Waals surface area contributed by atoms with Crippen molar-refractivity contribution in [2.45, 2.75) is 23.0 Å². The van der Waals surface area contributed by atoms with Crippen molar-refractivity contribution >= 4 is 17.4 Å². The second kappa shape index (κ2) is 6.02. The van der Waals surface area contributed by atoms with Gasteiger partial charge in [0, 0.05) is 36.0 Å². The highest BCUT2D eigenvalue weighted by atomic mass is 32.2. The van der Waals surface area contributed by atoms with Crippen LogP contribution in [-0.4, -0.2) is 14.5 Å². The standard InChI is InChI=1S/C12H10N4O2S/c13-6-1-8-15-9-7-14-12(15)19-11-4-2-10(3-5-11)16(17)18/h2-5,7,9H,1,8H2. The van der Waals surface area contributed by atoms with Gasteiger partial charge in [0.05, 0.1) is 17.4 Å². The minimum atomic E-state index is -0.428. The quantitative estimate of drug-likeness (QED) is 0.618. The molecular weight excluding hydrogens is 264 g/mol. The molecular formula is C12H10N4O2S. The van der Waals surface area contributed by atoms with E-state index in [9.17, 15) is 10.1 Å². The summed E-state index contributed by atoms with van der Waals surface area (Å²) in [6.07, 6.45) is 3.90. The minimum Gasteiger partial charge on any atom is -0.325 e. The number of non-ortho nitro benzene ring substituents is 1. The Morgan fingerprint density at radius 1 is 1.42 bits per heavy atom. The van der Waals surface area contributed by atoms with E-state index in [1.165, 1.54) is 23.9 Å². The number of nitro benzene ring substituents is 1. The maximum Gasteiger partial charge on any atom is 0.269 e. The van der Waals surface area contributed by atoms with Gasteiger partial charge in [-0.25, -0.2) is 4.98 Å². The molecule has 0 amide bonds. The van der Waals surface area contributed by atoms with Gasteiger partial charge in [-0.3, -0.25) is 10.1 Å². The van der Waals surface area contributed by atoms with Crippen molar-refractivity contribution in [3.05, 3.63) is 46.8 Å². The maximum absolute atomic E-state index is 10.6. The first-order valence-electron chi connectivity index (χ1n) is 5.51. The summed E-state index contributed by atoms with van der Waals surface area (Å²) in [5, 5.41) is 19.9. The number of nitrogens with zero attached hydrogens (tertiary/aromatic N) is 4. The molecule has 96 valence electrons. The first-order valence-corrected chi connectivity index (χ1v) is 6.33. The highest BCUT2D eigenvalue weighted by molar-refractivity contribution is 7.99. The lowest BCUT2D eigenvalue weighted by Gasteiger charge is -2.04. The van der Waals surface area contributed by atoms with Gasteiger partial charge >= 0.3 is 0 Å². The molecule has 7 heteroatoms. The van der Waals surface area contributed by atoms with Gasteiger partial charge in [0.1, 0.15) is 0 Å². The van der Waals surface area contributed by atoms with Gasteiger partial charge in [0.25, 0.3) is 5.69 Å². The molecule has 0 aliphatic heterocycles. The number of hydrogen-bond donors (Lipinski definition) is 0. The lowest BCUT2D eigenvalue weighted by atomic mass is 10.3. The van der Waals surface area contributed by atoms with Gasteiger partial charge in [-0.15, -0.1) is 0 Å². The van der Waals surface area contributed by atoms with Crippen LogP contribution >= 0.6 is 11.8 Å². The summed E-state index contributed by atoms with van der Waals surface area (Å²) in [6, 6.07) is 8.38. The minimum absolute atomic E-state index is 0.0668. The summed E-state index contributed by atoms with van der Waals surface area (Å²) < 4.78 is 1.88. The van der Waals surface area contributed by atoms with E-state index in [4.69, 9.17) is 5.26 Å². The van der Waals surface area contributed by atoms with Crippen molar-refractivity contribution in [3.8, 4) is 6.07 Å². The van der Waals surface area contributed by atoms with E-state index in [1.54, 1.807) is 18.3 Å². The topological polar surface area (TPSA) is 84.8 Å². The second-order valence-corrected chi connectivity index (χ2v) is 4.71. The maximum atomic E-state index is 10.6. The molecule has 0 spiro atoms. The van der Waals surface area contributed by atoms with Crippen LogP contribution in [0.1, 0.15) is 6.42 Å². The third-order valence-electron chi connectivity index (χ3n) is 2.40. The first kappa shape index (κ1) is 13.1. The Morgan fingerprint density at radius 2 is 2.16 bits per heavy atom. The van der Waals surface area contributed by atoms with Gasteiger partial charge in [0.2, 0.25) is 0 Å². The van der Waals surface area contributed by atoms with Crippen LogP contribution in [0.25, 0.3) is 0 Å². The van der Waals surface area contributed by atoms with Crippen molar-refractivity contribution < 1.29 is 4.92 Å². The summed E-state index contributed by atoms with van der Waals surface area (Å²) in [6.45, 7) is 0.589. The summed E-state index contributed by atoms with van der Waals surface area (Å²) in [7, 11) is 0. The van der Waals surface area contributed by atoms with Gasteiger partial charge in [-0.2, -0.15) is 5.26 Å². The number of aryl methyl sites for hydroxylation is 1. The number of hydrogen-bond acceptors (Lipinski definition) is 5. The fourth-order valence-electron chi connectivity index (χ4n) is 1.48. The van der Waals surface area contributed by atoms with E-state index < -0.39 is 4.92 Å². The van der Waals surface area contributed by atoms with Crippen LogP contribution < -0.4 is 0 Å². The molecule has 0 radical (unpaired) electrons. The SMILES string of the molecule is N#CCCn1ccnc1Sc1ccc([N+](=O)[O-])cc1. The molecule has 0 N–H and O–H groups in total. The Bertz CT molecular complexity index is 615. The van der Waals surface area contributed by atoms with Crippen LogP contribution in [0.3, 0.4) is 0 Å². The van der Waals surface area contributed by atoms with Crippen LogP contribution in [-0.2, 0) is 6.54 Å². The fourth-order valence-corrected chi connectivity index (χ4v) is 2.35. The molecule has 0 saturated heterocycles. The van der Waals surface area contributed by atoms with Crippen LogP contribution in [0, 0.1) is 21.4 Å². The highest BCUT2D eigenvalue weighted by Gasteiger charge is 2.08. The number of imidazole rings is 1. The third-order valence-corrected chi connectivity index (χ3v) is 3.43. The van der Waals surface area contributed by atoms with Crippen molar-refractivity contribution in [2.75, 3.05) is 0 Å². The molecule has 0 bridgehead atoms. The third kappa shape index (κ3) is 3.33. The number of nitro groups is 1. The summed E-state index contributed by atoms with van der Waals surface area (Å²) in [4.78, 5) is 15.2. The van der Waals surface area contributed by atoms with Gasteiger partial charge in [-0.05, 0) is 12.1 Å². The van der Waals surface area contributed by atoms with E-state index >= 15 is 0 Å². The summed E-state index contributed by atoms with van der Waals surface area (Å²) in [5.41, 5.74) is 0.0668. The number of aromatic nitrogens is 2. The van der Waals surface area contributed by atoms with E-state index in [1.807, 2.05) is 10.8 Å². The zero-order valence-electron chi connectivity index (χ0n) is 9.89.